The minimum Gasteiger partial charge on any atom is -0.351 e. The van der Waals surface area contributed by atoms with Gasteiger partial charge in [-0.3, -0.25) is 14.4 Å². The lowest BCUT2D eigenvalue weighted by Gasteiger charge is -2.24. The second kappa shape index (κ2) is 9.24. The first kappa shape index (κ1) is 22.2. The first-order valence-corrected chi connectivity index (χ1v) is 10.6. The average molecular weight is 445 g/mol. The summed E-state index contributed by atoms with van der Waals surface area (Å²) in [5.74, 6) is -2.72. The van der Waals surface area contributed by atoms with Gasteiger partial charge in [-0.15, -0.1) is 0 Å². The Morgan fingerprint density at radius 2 is 1.58 bits per heavy atom. The van der Waals surface area contributed by atoms with E-state index in [0.29, 0.717) is 11.1 Å². The van der Waals surface area contributed by atoms with Crippen molar-refractivity contribution in [2.24, 2.45) is 5.92 Å². The summed E-state index contributed by atoms with van der Waals surface area (Å²) in [7, 11) is 1.67. The number of hydrogen-bond donors (Lipinski definition) is 2. The van der Waals surface area contributed by atoms with Crippen LogP contribution in [-0.2, 0) is 20.9 Å². The molecule has 0 saturated carbocycles. The van der Waals surface area contributed by atoms with Gasteiger partial charge >= 0.3 is 0 Å². The zero-order valence-corrected chi connectivity index (χ0v) is 18.3. The van der Waals surface area contributed by atoms with Crippen LogP contribution in [0, 0.1) is 11.7 Å². The number of hydrogen-bond acceptors (Lipinski definition) is 3. The zero-order chi connectivity index (χ0) is 23.5. The van der Waals surface area contributed by atoms with Crippen LogP contribution >= 0.6 is 0 Å². The van der Waals surface area contributed by atoms with Crippen molar-refractivity contribution < 1.29 is 18.8 Å². The highest BCUT2D eigenvalue weighted by molar-refractivity contribution is 6.07. The number of benzene rings is 3. The van der Waals surface area contributed by atoms with Gasteiger partial charge in [0, 0.05) is 19.2 Å². The molecule has 168 valence electrons. The molecule has 6 nitrogen and oxygen atoms in total. The molecular formula is C26H24FN3O3. The molecule has 0 aromatic heterocycles. The maximum atomic E-state index is 13.3. The minimum absolute atomic E-state index is 0.167. The number of rotatable bonds is 5. The summed E-state index contributed by atoms with van der Waals surface area (Å²) in [5.41, 5.74) is 3.88. The molecule has 0 radical (unpaired) electrons. The fourth-order valence-electron chi connectivity index (χ4n) is 3.90. The van der Waals surface area contributed by atoms with Crippen LogP contribution in [0.2, 0.25) is 0 Å². The number of nitrogens with one attached hydrogen (secondary N) is 2. The summed E-state index contributed by atoms with van der Waals surface area (Å²) in [6.45, 7) is 1.65. The summed E-state index contributed by atoms with van der Waals surface area (Å²) in [6, 6.07) is 19.8. The van der Waals surface area contributed by atoms with Gasteiger partial charge in [0.1, 0.15) is 17.8 Å². The quantitative estimate of drug-likeness (QED) is 0.590. The molecule has 3 amide bonds. The van der Waals surface area contributed by atoms with Gasteiger partial charge < -0.3 is 15.5 Å². The number of anilines is 1. The van der Waals surface area contributed by atoms with E-state index in [9.17, 15) is 18.8 Å². The molecule has 0 aliphatic carbocycles. The number of para-hydroxylation sites is 1. The SMILES string of the molecule is CC(C(=O)NCc1ccc(F)cc1)C(=O)NC1C(=O)N(C)c2ccccc2-c2ccccc21. The van der Waals surface area contributed by atoms with Crippen molar-refractivity contribution >= 4 is 23.4 Å². The van der Waals surface area contributed by atoms with Crippen LogP contribution in [0.3, 0.4) is 0 Å². The van der Waals surface area contributed by atoms with E-state index in [1.165, 1.54) is 24.0 Å². The molecule has 3 aromatic rings. The molecule has 0 spiro atoms. The number of fused-ring (bicyclic) bond motifs is 3. The lowest BCUT2D eigenvalue weighted by molar-refractivity contribution is -0.136. The lowest BCUT2D eigenvalue weighted by Crippen LogP contribution is -2.45. The van der Waals surface area contributed by atoms with Crippen molar-refractivity contribution in [2.45, 2.75) is 19.5 Å². The summed E-state index contributed by atoms with van der Waals surface area (Å²) in [6.07, 6.45) is 0. The van der Waals surface area contributed by atoms with Gasteiger partial charge in [0.25, 0.3) is 5.91 Å². The van der Waals surface area contributed by atoms with Crippen LogP contribution in [-0.4, -0.2) is 24.8 Å². The number of amides is 3. The molecule has 2 N–H and O–H groups in total. The third-order valence-electron chi connectivity index (χ3n) is 5.86. The summed E-state index contributed by atoms with van der Waals surface area (Å²) in [4.78, 5) is 40.4. The van der Waals surface area contributed by atoms with E-state index in [1.54, 1.807) is 19.2 Å². The van der Waals surface area contributed by atoms with Crippen LogP contribution < -0.4 is 15.5 Å². The first-order chi connectivity index (χ1) is 15.9. The van der Waals surface area contributed by atoms with Crippen molar-refractivity contribution in [3.8, 4) is 11.1 Å². The van der Waals surface area contributed by atoms with Crippen molar-refractivity contribution in [3.63, 3.8) is 0 Å². The maximum absolute atomic E-state index is 13.3. The Morgan fingerprint density at radius 1 is 0.939 bits per heavy atom. The van der Waals surface area contributed by atoms with Crippen molar-refractivity contribution in [1.82, 2.24) is 10.6 Å². The van der Waals surface area contributed by atoms with Gasteiger partial charge in [-0.2, -0.15) is 0 Å². The normalized spacial score (nSPS) is 15.7. The van der Waals surface area contributed by atoms with Crippen molar-refractivity contribution in [1.29, 1.82) is 0 Å². The minimum atomic E-state index is -1.03. The fourth-order valence-corrected chi connectivity index (χ4v) is 3.90. The molecule has 2 unspecified atom stereocenters. The van der Waals surface area contributed by atoms with E-state index in [0.717, 1.165) is 16.8 Å². The molecule has 1 aliphatic heterocycles. The highest BCUT2D eigenvalue weighted by Crippen LogP contribution is 2.39. The standard InChI is InChI=1S/C26H24FN3O3/c1-16(24(31)28-15-17-11-13-18(27)14-12-17)25(32)29-23-21-9-4-3-7-19(21)20-8-5-6-10-22(20)30(2)26(23)33/h3-14,16,23H,15H2,1-2H3,(H,28,31)(H,29,32). The average Bonchev–Trinajstić information content (AvgIpc) is 2.93. The summed E-state index contributed by atoms with van der Waals surface area (Å²) >= 11 is 0. The Labute approximate surface area is 191 Å². The van der Waals surface area contributed by atoms with Crippen LogP contribution in [0.5, 0.6) is 0 Å². The monoisotopic (exact) mass is 445 g/mol. The summed E-state index contributed by atoms with van der Waals surface area (Å²) in [5, 5.41) is 5.46. The van der Waals surface area contributed by atoms with E-state index < -0.39 is 23.8 Å². The maximum Gasteiger partial charge on any atom is 0.253 e. The molecule has 4 rings (SSSR count). The second-order valence-electron chi connectivity index (χ2n) is 8.01. The van der Waals surface area contributed by atoms with Gasteiger partial charge in [0.15, 0.2) is 0 Å². The van der Waals surface area contributed by atoms with Crippen LogP contribution in [0.1, 0.15) is 24.1 Å². The van der Waals surface area contributed by atoms with Gasteiger partial charge in [0.05, 0.1) is 5.69 Å². The van der Waals surface area contributed by atoms with Gasteiger partial charge in [0.2, 0.25) is 11.8 Å². The molecule has 2 atom stereocenters. The van der Waals surface area contributed by atoms with Gasteiger partial charge in [-0.1, -0.05) is 54.6 Å². The molecule has 0 bridgehead atoms. The number of likely N-dealkylation sites (N-methyl/N-ethyl adjacent to an activating group) is 1. The Bertz CT molecular complexity index is 1210. The highest BCUT2D eigenvalue weighted by atomic mass is 19.1. The third kappa shape index (κ3) is 4.48. The predicted octanol–water partition coefficient (Wildman–Crippen LogP) is 3.58. The molecule has 3 aromatic carbocycles. The molecule has 33 heavy (non-hydrogen) atoms. The second-order valence-corrected chi connectivity index (χ2v) is 8.01. The Hall–Kier alpha value is -4.00. The van der Waals surface area contributed by atoms with E-state index in [2.05, 4.69) is 10.6 Å². The van der Waals surface area contributed by atoms with E-state index >= 15 is 0 Å². The van der Waals surface area contributed by atoms with Crippen LogP contribution in [0.15, 0.2) is 72.8 Å². The molecular weight excluding hydrogens is 421 g/mol. The fraction of sp³-hybridized carbons (Fsp3) is 0.192. The number of carbonyl (C=O) groups is 3. The highest BCUT2D eigenvalue weighted by Gasteiger charge is 2.34. The smallest absolute Gasteiger partial charge is 0.253 e. The first-order valence-electron chi connectivity index (χ1n) is 10.6. The number of halogens is 1. The molecule has 0 saturated heterocycles. The zero-order valence-electron chi connectivity index (χ0n) is 18.3. The van der Waals surface area contributed by atoms with Gasteiger partial charge in [-0.05, 0) is 41.8 Å². The molecule has 1 aliphatic rings. The van der Waals surface area contributed by atoms with Crippen molar-refractivity contribution in [2.75, 3.05) is 11.9 Å². The van der Waals surface area contributed by atoms with Gasteiger partial charge in [-0.25, -0.2) is 4.39 Å². The Balaban J connectivity index is 1.52. The van der Waals surface area contributed by atoms with E-state index in [-0.39, 0.29) is 18.3 Å². The largest absolute Gasteiger partial charge is 0.351 e. The molecule has 0 fully saturated rings. The predicted molar refractivity (Wildman–Crippen MR) is 124 cm³/mol. The number of carbonyl (C=O) groups excluding carboxylic acids is 3. The molecule has 1 heterocycles. The molecule has 7 heteroatoms. The Morgan fingerprint density at radius 3 is 2.30 bits per heavy atom. The summed E-state index contributed by atoms with van der Waals surface area (Å²) < 4.78 is 13.1. The van der Waals surface area contributed by atoms with Crippen LogP contribution in [0.4, 0.5) is 10.1 Å². The number of nitrogens with zero attached hydrogens (tertiary/aromatic N) is 1. The van der Waals surface area contributed by atoms with E-state index in [1.807, 2.05) is 48.5 Å². The third-order valence-corrected chi connectivity index (χ3v) is 5.86. The topological polar surface area (TPSA) is 78.5 Å². The van der Waals surface area contributed by atoms with Crippen molar-refractivity contribution in [3.05, 3.63) is 89.7 Å². The van der Waals surface area contributed by atoms with E-state index in [4.69, 9.17) is 0 Å². The lowest BCUT2D eigenvalue weighted by atomic mass is 9.95. The van der Waals surface area contributed by atoms with Crippen LogP contribution in [0.25, 0.3) is 11.1 Å². The Kier molecular flexibility index (Phi) is 6.22.